The number of alkyl halides is 3. The smallest absolute Gasteiger partial charge is 0.351 e. The van der Waals surface area contributed by atoms with E-state index < -0.39 is 11.7 Å². The first kappa shape index (κ1) is 19.4. The van der Waals surface area contributed by atoms with Gasteiger partial charge in [0.2, 0.25) is 5.91 Å². The molecule has 0 atom stereocenters. The lowest BCUT2D eigenvalue weighted by Crippen LogP contribution is -2.34. The third-order valence-corrected chi connectivity index (χ3v) is 4.54. The molecule has 0 saturated heterocycles. The summed E-state index contributed by atoms with van der Waals surface area (Å²) in [7, 11) is 0. The third kappa shape index (κ3) is 5.09. The Bertz CT molecular complexity index is 825. The van der Waals surface area contributed by atoms with E-state index in [2.05, 4.69) is 15.7 Å². The average Bonchev–Trinajstić information content (AvgIpc) is 3.35. The Hall–Kier alpha value is -2.35. The Labute approximate surface area is 155 Å². The van der Waals surface area contributed by atoms with Crippen LogP contribution in [0.4, 0.5) is 13.2 Å². The molecule has 0 bridgehead atoms. The molecule has 8 heteroatoms. The molecular formula is C19H23F3N4O. The van der Waals surface area contributed by atoms with Crippen LogP contribution in [0.2, 0.25) is 0 Å². The van der Waals surface area contributed by atoms with Crippen LogP contribution in [0.5, 0.6) is 0 Å². The monoisotopic (exact) mass is 380 g/mol. The van der Waals surface area contributed by atoms with Crippen LogP contribution >= 0.6 is 0 Å². The topological polar surface area (TPSA) is 59.0 Å². The maximum absolute atomic E-state index is 13.5. The van der Waals surface area contributed by atoms with Crippen molar-refractivity contribution >= 4 is 5.91 Å². The number of halogens is 3. The molecule has 1 amide bonds. The molecule has 146 valence electrons. The summed E-state index contributed by atoms with van der Waals surface area (Å²) in [6.07, 6.45) is -2.17. The second kappa shape index (κ2) is 7.72. The zero-order chi connectivity index (χ0) is 19.6. The van der Waals surface area contributed by atoms with Crippen LogP contribution in [0.1, 0.15) is 35.4 Å². The lowest BCUT2D eigenvalue weighted by molar-refractivity contribution is -0.138. The van der Waals surface area contributed by atoms with Gasteiger partial charge in [-0.05, 0) is 62.9 Å². The van der Waals surface area contributed by atoms with Crippen LogP contribution < -0.4 is 10.6 Å². The van der Waals surface area contributed by atoms with E-state index in [1.807, 2.05) is 0 Å². The number of benzene rings is 1. The minimum Gasteiger partial charge on any atom is -0.351 e. The summed E-state index contributed by atoms with van der Waals surface area (Å²) in [4.78, 5) is 11.8. The van der Waals surface area contributed by atoms with Gasteiger partial charge >= 0.3 is 6.18 Å². The predicted molar refractivity (Wildman–Crippen MR) is 95.5 cm³/mol. The Kier molecular flexibility index (Phi) is 5.55. The lowest BCUT2D eigenvalue weighted by atomic mass is 10.1. The highest BCUT2D eigenvalue weighted by Gasteiger charge is 2.34. The van der Waals surface area contributed by atoms with Gasteiger partial charge in [-0.3, -0.25) is 4.79 Å². The van der Waals surface area contributed by atoms with Gasteiger partial charge in [0.05, 0.1) is 23.5 Å². The number of hydrogen-bond donors (Lipinski definition) is 2. The minimum absolute atomic E-state index is 0.0309. The van der Waals surface area contributed by atoms with E-state index in [-0.39, 0.29) is 24.6 Å². The summed E-state index contributed by atoms with van der Waals surface area (Å²) in [6, 6.07) is 5.86. The van der Waals surface area contributed by atoms with Gasteiger partial charge in [-0.2, -0.15) is 18.3 Å². The Balaban J connectivity index is 1.72. The second-order valence-electron chi connectivity index (χ2n) is 7.03. The van der Waals surface area contributed by atoms with Crippen molar-refractivity contribution in [2.45, 2.75) is 39.4 Å². The normalized spacial score (nSPS) is 14.4. The van der Waals surface area contributed by atoms with Crippen molar-refractivity contribution in [2.24, 2.45) is 5.92 Å². The molecule has 5 nitrogen and oxygen atoms in total. The van der Waals surface area contributed by atoms with Crippen LogP contribution in [0.3, 0.4) is 0 Å². The molecule has 3 rings (SSSR count). The number of nitrogens with zero attached hydrogens (tertiary/aromatic N) is 2. The molecule has 0 radical (unpaired) electrons. The molecule has 1 aliphatic rings. The molecule has 0 spiro atoms. The summed E-state index contributed by atoms with van der Waals surface area (Å²) >= 11 is 0. The molecule has 1 aromatic carbocycles. The van der Waals surface area contributed by atoms with E-state index in [1.165, 1.54) is 23.6 Å². The first-order chi connectivity index (χ1) is 12.7. The van der Waals surface area contributed by atoms with Crippen LogP contribution in [0, 0.1) is 19.8 Å². The highest BCUT2D eigenvalue weighted by atomic mass is 19.4. The first-order valence-electron chi connectivity index (χ1n) is 8.95. The van der Waals surface area contributed by atoms with Crippen LogP contribution in [0.25, 0.3) is 5.69 Å². The van der Waals surface area contributed by atoms with Gasteiger partial charge in [0.25, 0.3) is 0 Å². The SMILES string of the molecule is Cc1cc(C)n(-c2ccc(CNC(=O)CNCC3CC3)c(C(F)(F)F)c2)n1. The number of aryl methyl sites for hydroxylation is 2. The van der Waals surface area contributed by atoms with Crippen LogP contribution in [-0.4, -0.2) is 28.8 Å². The molecule has 1 heterocycles. The highest BCUT2D eigenvalue weighted by Crippen LogP contribution is 2.33. The highest BCUT2D eigenvalue weighted by molar-refractivity contribution is 5.78. The van der Waals surface area contributed by atoms with Crippen molar-refractivity contribution < 1.29 is 18.0 Å². The zero-order valence-electron chi connectivity index (χ0n) is 15.4. The molecule has 0 aliphatic heterocycles. The van der Waals surface area contributed by atoms with E-state index >= 15 is 0 Å². The summed E-state index contributed by atoms with van der Waals surface area (Å²) in [5, 5.41) is 9.81. The number of aromatic nitrogens is 2. The maximum Gasteiger partial charge on any atom is 0.416 e. The average molecular weight is 380 g/mol. The van der Waals surface area contributed by atoms with Crippen molar-refractivity contribution in [3.8, 4) is 5.69 Å². The molecule has 0 unspecified atom stereocenters. The Morgan fingerprint density at radius 2 is 2.00 bits per heavy atom. The van der Waals surface area contributed by atoms with Gasteiger partial charge in [0, 0.05) is 12.2 Å². The van der Waals surface area contributed by atoms with Crippen molar-refractivity contribution in [2.75, 3.05) is 13.1 Å². The third-order valence-electron chi connectivity index (χ3n) is 4.54. The molecule has 1 saturated carbocycles. The van der Waals surface area contributed by atoms with Crippen LogP contribution in [-0.2, 0) is 17.5 Å². The molecule has 1 fully saturated rings. The van der Waals surface area contributed by atoms with Crippen molar-refractivity contribution in [1.82, 2.24) is 20.4 Å². The molecule has 2 aromatic rings. The van der Waals surface area contributed by atoms with Gasteiger partial charge in [0.15, 0.2) is 0 Å². The fraction of sp³-hybridized carbons (Fsp3) is 0.474. The maximum atomic E-state index is 13.5. The number of nitrogens with one attached hydrogen (secondary N) is 2. The van der Waals surface area contributed by atoms with Crippen molar-refractivity contribution in [3.05, 3.63) is 46.8 Å². The predicted octanol–water partition coefficient (Wildman–Crippen LogP) is 3.12. The lowest BCUT2D eigenvalue weighted by Gasteiger charge is -2.16. The molecule has 1 aromatic heterocycles. The van der Waals surface area contributed by atoms with E-state index in [0.717, 1.165) is 24.0 Å². The quantitative estimate of drug-likeness (QED) is 0.776. The van der Waals surface area contributed by atoms with Gasteiger partial charge < -0.3 is 10.6 Å². The Morgan fingerprint density at radius 1 is 1.26 bits per heavy atom. The van der Waals surface area contributed by atoms with Gasteiger partial charge in [-0.15, -0.1) is 0 Å². The molecular weight excluding hydrogens is 357 g/mol. The van der Waals surface area contributed by atoms with E-state index in [9.17, 15) is 18.0 Å². The zero-order valence-corrected chi connectivity index (χ0v) is 15.4. The first-order valence-corrected chi connectivity index (χ1v) is 8.95. The summed E-state index contributed by atoms with van der Waals surface area (Å²) in [5.74, 6) is 0.322. The number of carbonyl (C=O) groups excluding carboxylic acids is 1. The summed E-state index contributed by atoms with van der Waals surface area (Å²) < 4.78 is 42.0. The number of rotatable bonds is 7. The Morgan fingerprint density at radius 3 is 2.59 bits per heavy atom. The largest absolute Gasteiger partial charge is 0.416 e. The van der Waals surface area contributed by atoms with E-state index in [0.29, 0.717) is 11.6 Å². The second-order valence-corrected chi connectivity index (χ2v) is 7.03. The molecule has 1 aliphatic carbocycles. The van der Waals surface area contributed by atoms with Gasteiger partial charge in [0.1, 0.15) is 0 Å². The number of hydrogen-bond acceptors (Lipinski definition) is 3. The van der Waals surface area contributed by atoms with Gasteiger partial charge in [-0.25, -0.2) is 4.68 Å². The standard InChI is InChI=1S/C19H23F3N4O/c1-12-7-13(2)26(25-12)16-6-5-15(17(8-16)19(20,21)22)10-24-18(27)11-23-9-14-3-4-14/h5-8,14,23H,3-4,9-11H2,1-2H3,(H,24,27). The minimum atomic E-state index is -4.52. The van der Waals surface area contributed by atoms with Gasteiger partial charge in [-0.1, -0.05) is 6.07 Å². The van der Waals surface area contributed by atoms with E-state index in [4.69, 9.17) is 0 Å². The van der Waals surface area contributed by atoms with Crippen LogP contribution in [0.15, 0.2) is 24.3 Å². The molecule has 2 N–H and O–H groups in total. The van der Waals surface area contributed by atoms with Crippen molar-refractivity contribution in [1.29, 1.82) is 0 Å². The van der Waals surface area contributed by atoms with E-state index in [1.54, 1.807) is 26.0 Å². The number of carbonyl (C=O) groups is 1. The fourth-order valence-electron chi connectivity index (χ4n) is 2.97. The fourth-order valence-corrected chi connectivity index (χ4v) is 2.97. The number of amides is 1. The molecule has 27 heavy (non-hydrogen) atoms. The van der Waals surface area contributed by atoms with Crippen molar-refractivity contribution in [3.63, 3.8) is 0 Å². The summed E-state index contributed by atoms with van der Waals surface area (Å²) in [5.41, 5.74) is 1.09. The summed E-state index contributed by atoms with van der Waals surface area (Å²) in [6.45, 7) is 4.29.